The van der Waals surface area contributed by atoms with E-state index in [0.29, 0.717) is 11.1 Å². The second-order valence-corrected chi connectivity index (χ2v) is 4.42. The predicted molar refractivity (Wildman–Crippen MR) is 68.0 cm³/mol. The van der Waals surface area contributed by atoms with Gasteiger partial charge in [0.25, 0.3) is 5.91 Å². The maximum Gasteiger partial charge on any atom is 0.287 e. The van der Waals surface area contributed by atoms with Gasteiger partial charge in [-0.25, -0.2) is 0 Å². The monoisotopic (exact) mass is 318 g/mol. The van der Waals surface area contributed by atoms with E-state index >= 15 is 0 Å². The summed E-state index contributed by atoms with van der Waals surface area (Å²) in [5.74, 6) is -0.688. The number of hydrogen-bond donors (Lipinski definition) is 3. The summed E-state index contributed by atoms with van der Waals surface area (Å²) < 4.78 is 5.48. The van der Waals surface area contributed by atoms with E-state index in [2.05, 4.69) is 26.6 Å². The van der Waals surface area contributed by atoms with Crippen LogP contribution in [0.4, 0.5) is 0 Å². The molecule has 0 aliphatic rings. The number of nitrogens with one attached hydrogen (secondary N) is 2. The van der Waals surface area contributed by atoms with E-state index in [1.807, 2.05) is 6.92 Å². The topological polar surface area (TPSA) is 91.6 Å². The zero-order chi connectivity index (χ0) is 13.5. The molecule has 1 rings (SSSR count). The molecule has 1 atom stereocenters. The van der Waals surface area contributed by atoms with E-state index in [1.54, 1.807) is 6.07 Å². The molecule has 0 aliphatic carbocycles. The van der Waals surface area contributed by atoms with Gasteiger partial charge in [-0.15, -0.1) is 0 Å². The summed E-state index contributed by atoms with van der Waals surface area (Å²) in [6.45, 7) is 1.56. The molecule has 100 valence electrons. The van der Waals surface area contributed by atoms with Crippen molar-refractivity contribution in [3.05, 3.63) is 22.6 Å². The molecule has 2 amide bonds. The van der Waals surface area contributed by atoms with E-state index < -0.39 is 5.91 Å². The molecule has 0 aliphatic heterocycles. The number of amides is 2. The van der Waals surface area contributed by atoms with Crippen LogP contribution in [0, 0.1) is 0 Å². The molecule has 0 spiro atoms. The van der Waals surface area contributed by atoms with Crippen molar-refractivity contribution in [1.29, 1.82) is 0 Å². The fourth-order valence-corrected chi connectivity index (χ4v) is 1.55. The average molecular weight is 319 g/mol. The van der Waals surface area contributed by atoms with Gasteiger partial charge in [-0.05, 0) is 34.5 Å². The molecular weight excluding hydrogens is 304 g/mol. The number of furan rings is 1. The van der Waals surface area contributed by atoms with Crippen LogP contribution in [0.2, 0.25) is 0 Å². The number of hydrogen-bond acceptors (Lipinski definition) is 4. The van der Waals surface area contributed by atoms with Crippen molar-refractivity contribution in [3.63, 3.8) is 0 Å². The van der Waals surface area contributed by atoms with E-state index in [9.17, 15) is 9.59 Å². The molecule has 0 bridgehead atoms. The van der Waals surface area contributed by atoms with Gasteiger partial charge < -0.3 is 20.2 Å². The molecular formula is C11H15BrN2O4. The van der Waals surface area contributed by atoms with Crippen LogP contribution in [0.25, 0.3) is 0 Å². The lowest BCUT2D eigenvalue weighted by Gasteiger charge is -2.13. The first-order valence-electron chi connectivity index (χ1n) is 5.50. The first-order chi connectivity index (χ1) is 8.56. The molecule has 0 fully saturated rings. The number of rotatable bonds is 6. The number of carbonyl (C=O) groups excluding carboxylic acids is 2. The minimum Gasteiger partial charge on any atom is -0.444 e. The summed E-state index contributed by atoms with van der Waals surface area (Å²) in [6, 6.07) is 2.81. The molecule has 0 saturated heterocycles. The number of aliphatic hydroxyl groups is 1. The van der Waals surface area contributed by atoms with Crippen molar-refractivity contribution in [2.75, 3.05) is 13.2 Å². The Morgan fingerprint density at radius 3 is 2.72 bits per heavy atom. The third-order valence-corrected chi connectivity index (χ3v) is 2.71. The highest BCUT2D eigenvalue weighted by Crippen LogP contribution is 2.13. The number of halogens is 1. The fourth-order valence-electron chi connectivity index (χ4n) is 1.24. The van der Waals surface area contributed by atoms with Crippen molar-refractivity contribution in [2.24, 2.45) is 0 Å². The van der Waals surface area contributed by atoms with E-state index in [0.717, 1.165) is 0 Å². The molecule has 3 N–H and O–H groups in total. The van der Waals surface area contributed by atoms with Crippen molar-refractivity contribution >= 4 is 27.7 Å². The maximum absolute atomic E-state index is 11.5. The van der Waals surface area contributed by atoms with Crippen molar-refractivity contribution in [2.45, 2.75) is 19.4 Å². The molecule has 1 aromatic rings. The highest BCUT2D eigenvalue weighted by Gasteiger charge is 2.13. The molecule has 7 heteroatoms. The second kappa shape index (κ2) is 7.17. The molecule has 1 unspecified atom stereocenters. The van der Waals surface area contributed by atoms with E-state index in [4.69, 9.17) is 9.52 Å². The van der Waals surface area contributed by atoms with Crippen molar-refractivity contribution < 1.29 is 19.1 Å². The van der Waals surface area contributed by atoms with Crippen LogP contribution in [0.3, 0.4) is 0 Å². The van der Waals surface area contributed by atoms with Crippen LogP contribution in [-0.4, -0.2) is 36.1 Å². The zero-order valence-corrected chi connectivity index (χ0v) is 11.5. The Morgan fingerprint density at radius 2 is 2.22 bits per heavy atom. The second-order valence-electron chi connectivity index (χ2n) is 3.64. The lowest BCUT2D eigenvalue weighted by molar-refractivity contribution is -0.121. The largest absolute Gasteiger partial charge is 0.444 e. The molecule has 18 heavy (non-hydrogen) atoms. The minimum atomic E-state index is -0.465. The van der Waals surface area contributed by atoms with Crippen LogP contribution in [-0.2, 0) is 4.79 Å². The quantitative estimate of drug-likeness (QED) is 0.718. The molecule has 1 heterocycles. The molecule has 0 aromatic carbocycles. The highest BCUT2D eigenvalue weighted by atomic mass is 79.9. The Hall–Kier alpha value is -1.34. The average Bonchev–Trinajstić information content (AvgIpc) is 2.79. The van der Waals surface area contributed by atoms with Gasteiger partial charge in [0, 0.05) is 0 Å². The third-order valence-electron chi connectivity index (χ3n) is 2.28. The SMILES string of the molecule is CCC(CO)NC(=O)CNC(=O)c1ccc(Br)o1. The summed E-state index contributed by atoms with van der Waals surface area (Å²) in [5.41, 5.74) is 0. The summed E-state index contributed by atoms with van der Waals surface area (Å²) in [5, 5.41) is 13.9. The Morgan fingerprint density at radius 1 is 1.50 bits per heavy atom. The van der Waals surface area contributed by atoms with Crippen LogP contribution in [0.5, 0.6) is 0 Å². The molecule has 6 nitrogen and oxygen atoms in total. The number of aliphatic hydroxyl groups excluding tert-OH is 1. The van der Waals surface area contributed by atoms with Crippen LogP contribution in [0.15, 0.2) is 21.2 Å². The zero-order valence-electron chi connectivity index (χ0n) is 9.90. The normalized spacial score (nSPS) is 11.9. The van der Waals surface area contributed by atoms with Gasteiger partial charge in [-0.1, -0.05) is 6.92 Å². The van der Waals surface area contributed by atoms with Gasteiger partial charge in [0.2, 0.25) is 5.91 Å². The van der Waals surface area contributed by atoms with Crippen LogP contribution >= 0.6 is 15.9 Å². The van der Waals surface area contributed by atoms with Crippen LogP contribution < -0.4 is 10.6 Å². The Kier molecular flexibility index (Phi) is 5.87. The molecule has 1 aromatic heterocycles. The van der Waals surface area contributed by atoms with Gasteiger partial charge in [0.05, 0.1) is 19.2 Å². The fraction of sp³-hybridized carbons (Fsp3) is 0.455. The Bertz CT molecular complexity index is 415. The lowest BCUT2D eigenvalue weighted by Crippen LogP contribution is -2.43. The van der Waals surface area contributed by atoms with Gasteiger partial charge in [0.1, 0.15) is 0 Å². The van der Waals surface area contributed by atoms with Gasteiger partial charge in [-0.3, -0.25) is 9.59 Å². The van der Waals surface area contributed by atoms with Crippen LogP contribution in [0.1, 0.15) is 23.9 Å². The lowest BCUT2D eigenvalue weighted by atomic mass is 10.2. The molecule has 0 saturated carbocycles. The number of carbonyl (C=O) groups is 2. The Labute approximate surface area is 113 Å². The first kappa shape index (κ1) is 14.7. The first-order valence-corrected chi connectivity index (χ1v) is 6.29. The van der Waals surface area contributed by atoms with Gasteiger partial charge >= 0.3 is 0 Å². The molecule has 0 radical (unpaired) electrons. The van der Waals surface area contributed by atoms with Crippen molar-refractivity contribution in [1.82, 2.24) is 10.6 Å². The summed E-state index contributed by atoms with van der Waals surface area (Å²) in [4.78, 5) is 23.0. The Balaban J connectivity index is 2.36. The van der Waals surface area contributed by atoms with E-state index in [-0.39, 0.29) is 30.9 Å². The smallest absolute Gasteiger partial charge is 0.287 e. The van der Waals surface area contributed by atoms with Gasteiger partial charge in [-0.2, -0.15) is 0 Å². The summed E-state index contributed by atoms with van der Waals surface area (Å²) in [7, 11) is 0. The minimum absolute atomic E-state index is 0.124. The van der Waals surface area contributed by atoms with Gasteiger partial charge in [0.15, 0.2) is 10.4 Å². The highest BCUT2D eigenvalue weighted by molar-refractivity contribution is 9.10. The van der Waals surface area contributed by atoms with E-state index in [1.165, 1.54) is 6.07 Å². The predicted octanol–water partition coefficient (Wildman–Crippen LogP) is 0.659. The summed E-state index contributed by atoms with van der Waals surface area (Å²) >= 11 is 3.08. The third kappa shape index (κ3) is 4.50. The maximum atomic E-state index is 11.5. The summed E-state index contributed by atoms with van der Waals surface area (Å²) in [6.07, 6.45) is 0.626. The standard InChI is InChI=1S/C11H15BrN2O4/c1-2-7(6-15)14-10(16)5-13-11(17)8-3-4-9(12)18-8/h3-4,7,15H,2,5-6H2,1H3,(H,13,17)(H,14,16). The van der Waals surface area contributed by atoms with Crippen molar-refractivity contribution in [3.8, 4) is 0 Å².